The summed E-state index contributed by atoms with van der Waals surface area (Å²) in [6, 6.07) is 7.57. The molecule has 0 aliphatic heterocycles. The number of non-ortho nitro benzene ring substituents is 1. The van der Waals surface area contributed by atoms with Crippen molar-refractivity contribution >= 4 is 11.4 Å². The van der Waals surface area contributed by atoms with Crippen LogP contribution in [-0.4, -0.2) is 21.6 Å². The average molecular weight is 480 g/mol. The zero-order chi connectivity index (χ0) is 23.2. The number of benzene rings is 1. The van der Waals surface area contributed by atoms with Crippen molar-refractivity contribution < 1.29 is 31.9 Å². The quantitative estimate of drug-likeness (QED) is 0.172. The molecule has 8 nitrogen and oxygen atoms in total. The number of aromatic nitrogens is 1. The highest BCUT2D eigenvalue weighted by Gasteiger charge is 2.26. The Morgan fingerprint density at radius 3 is 1.91 bits per heavy atom. The van der Waals surface area contributed by atoms with Crippen LogP contribution in [0.25, 0.3) is 5.69 Å². The molecular weight excluding hydrogens is 446 g/mol. The lowest BCUT2D eigenvalue weighted by molar-refractivity contribution is -0.601. The molecule has 1 aromatic carbocycles. The van der Waals surface area contributed by atoms with Crippen molar-refractivity contribution in [3.63, 3.8) is 0 Å². The normalized spacial score (nSPS) is 10.6. The largest absolute Gasteiger partial charge is 1.00 e. The number of nitro groups is 2. The number of hydrogen-bond donors (Lipinski definition) is 1. The van der Waals surface area contributed by atoms with Crippen LogP contribution in [0.4, 0.5) is 11.4 Å². The molecule has 2 aromatic rings. The Morgan fingerprint density at radius 1 is 0.788 bits per heavy atom. The highest BCUT2D eigenvalue weighted by atomic mass is 35.5. The topological polar surface area (TPSA) is 110 Å². The number of rotatable bonds is 16. The Kier molecular flexibility index (Phi) is 13.9. The molecule has 1 heterocycles. The van der Waals surface area contributed by atoms with E-state index in [4.69, 9.17) is 5.11 Å². The van der Waals surface area contributed by atoms with Crippen molar-refractivity contribution in [2.45, 2.75) is 77.0 Å². The Morgan fingerprint density at radius 2 is 1.36 bits per heavy atom. The summed E-state index contributed by atoms with van der Waals surface area (Å²) in [6.45, 7) is 0.306. The summed E-state index contributed by atoms with van der Waals surface area (Å²) < 4.78 is 1.66. The van der Waals surface area contributed by atoms with Crippen molar-refractivity contribution in [2.24, 2.45) is 0 Å². The van der Waals surface area contributed by atoms with Gasteiger partial charge in [0.2, 0.25) is 0 Å². The van der Waals surface area contributed by atoms with E-state index >= 15 is 0 Å². The fourth-order valence-corrected chi connectivity index (χ4v) is 3.84. The highest BCUT2D eigenvalue weighted by Crippen LogP contribution is 2.24. The van der Waals surface area contributed by atoms with Crippen LogP contribution >= 0.6 is 0 Å². The van der Waals surface area contributed by atoms with Gasteiger partial charge in [0.1, 0.15) is 6.07 Å². The van der Waals surface area contributed by atoms with E-state index in [0.29, 0.717) is 12.3 Å². The molecule has 2 rings (SSSR count). The van der Waals surface area contributed by atoms with E-state index in [9.17, 15) is 20.2 Å². The molecule has 0 atom stereocenters. The molecule has 0 unspecified atom stereocenters. The molecule has 1 N–H and O–H groups in total. The van der Waals surface area contributed by atoms with Gasteiger partial charge in [-0.15, -0.1) is 0 Å². The summed E-state index contributed by atoms with van der Waals surface area (Å²) in [5, 5.41) is 31.1. The molecule has 0 bridgehead atoms. The molecule has 182 valence electrons. The lowest BCUT2D eigenvalue weighted by Crippen LogP contribution is -3.00. The van der Waals surface area contributed by atoms with Crippen molar-refractivity contribution in [3.8, 4) is 5.69 Å². The van der Waals surface area contributed by atoms with Gasteiger partial charge >= 0.3 is 5.69 Å². The Labute approximate surface area is 201 Å². The molecule has 0 saturated carbocycles. The molecule has 0 aliphatic carbocycles. The van der Waals surface area contributed by atoms with E-state index in [2.05, 4.69) is 0 Å². The zero-order valence-corrected chi connectivity index (χ0v) is 19.8. The first kappa shape index (κ1) is 28.5. The molecule has 0 fully saturated rings. The van der Waals surface area contributed by atoms with Gasteiger partial charge in [0.25, 0.3) is 11.4 Å². The van der Waals surface area contributed by atoms with Gasteiger partial charge in [-0.3, -0.25) is 20.2 Å². The maximum absolute atomic E-state index is 11.4. The van der Waals surface area contributed by atoms with Gasteiger partial charge in [0.05, 0.1) is 9.85 Å². The number of nitro benzene ring substituents is 2. The van der Waals surface area contributed by atoms with Crippen LogP contribution in [-0.2, 0) is 6.42 Å². The Bertz CT molecular complexity index is 879. The third-order valence-electron chi connectivity index (χ3n) is 5.63. The van der Waals surface area contributed by atoms with Crippen molar-refractivity contribution in [1.82, 2.24) is 0 Å². The van der Waals surface area contributed by atoms with E-state index in [0.717, 1.165) is 43.7 Å². The van der Waals surface area contributed by atoms with Crippen molar-refractivity contribution in [1.29, 1.82) is 0 Å². The van der Waals surface area contributed by atoms with Gasteiger partial charge in [-0.05, 0) is 25.3 Å². The third kappa shape index (κ3) is 10.3. The summed E-state index contributed by atoms with van der Waals surface area (Å²) in [5.41, 5.74) is 0.829. The second-order valence-corrected chi connectivity index (χ2v) is 8.17. The molecule has 1 aromatic heterocycles. The summed E-state index contributed by atoms with van der Waals surface area (Å²) in [4.78, 5) is 21.1. The number of aliphatic hydroxyl groups is 1. The first-order valence-corrected chi connectivity index (χ1v) is 11.6. The fourth-order valence-electron chi connectivity index (χ4n) is 3.84. The lowest BCUT2D eigenvalue weighted by atomic mass is 10.0. The van der Waals surface area contributed by atoms with E-state index in [1.807, 2.05) is 18.3 Å². The molecule has 9 heteroatoms. The van der Waals surface area contributed by atoms with Crippen molar-refractivity contribution in [3.05, 3.63) is 68.5 Å². The van der Waals surface area contributed by atoms with E-state index < -0.39 is 9.85 Å². The van der Waals surface area contributed by atoms with Gasteiger partial charge in [-0.2, -0.15) is 4.57 Å². The van der Waals surface area contributed by atoms with E-state index in [1.54, 1.807) is 10.8 Å². The lowest BCUT2D eigenvalue weighted by Gasteiger charge is -2.04. The minimum atomic E-state index is -0.628. The van der Waals surface area contributed by atoms with Gasteiger partial charge < -0.3 is 17.5 Å². The molecule has 0 aliphatic rings. The number of nitrogens with zero attached hydrogens (tertiary/aromatic N) is 3. The summed E-state index contributed by atoms with van der Waals surface area (Å²) in [5.74, 6) is 0. The molecular formula is C24H34ClN3O5. The highest BCUT2D eigenvalue weighted by molar-refractivity contribution is 5.53. The van der Waals surface area contributed by atoms with E-state index in [1.165, 1.54) is 57.1 Å². The number of hydrogen-bond acceptors (Lipinski definition) is 5. The summed E-state index contributed by atoms with van der Waals surface area (Å²) >= 11 is 0. The second-order valence-electron chi connectivity index (χ2n) is 8.17. The van der Waals surface area contributed by atoms with E-state index in [-0.39, 0.29) is 23.8 Å². The van der Waals surface area contributed by atoms with Crippen molar-refractivity contribution in [2.75, 3.05) is 6.61 Å². The van der Waals surface area contributed by atoms with Gasteiger partial charge in [-0.25, -0.2) is 0 Å². The summed E-state index contributed by atoms with van der Waals surface area (Å²) in [7, 11) is 0. The number of aliphatic hydroxyl groups excluding tert-OH is 1. The fraction of sp³-hybridized carbons (Fsp3) is 0.542. The molecule has 0 spiro atoms. The minimum absolute atomic E-state index is 0. The van der Waals surface area contributed by atoms with Crippen LogP contribution in [0.1, 0.15) is 76.2 Å². The molecule has 0 amide bonds. The third-order valence-corrected chi connectivity index (χ3v) is 5.63. The average Bonchev–Trinajstić information content (AvgIpc) is 2.79. The number of aryl methyl sites for hydroxylation is 1. The SMILES string of the molecule is O=[N+]([O-])c1ccc(-[n+]2cccc(CCCCCCCCCCCCCO)c2)c([N+](=O)[O-])c1.[Cl-]. The molecule has 0 radical (unpaired) electrons. The molecule has 33 heavy (non-hydrogen) atoms. The number of halogens is 1. The van der Waals surface area contributed by atoms with Crippen LogP contribution in [0, 0.1) is 20.2 Å². The summed E-state index contributed by atoms with van der Waals surface area (Å²) in [6.07, 6.45) is 17.5. The second kappa shape index (κ2) is 16.1. The first-order chi connectivity index (χ1) is 15.5. The predicted octanol–water partition coefficient (Wildman–Crippen LogP) is 2.61. The van der Waals surface area contributed by atoms with Crippen LogP contribution in [0.2, 0.25) is 0 Å². The van der Waals surface area contributed by atoms with Gasteiger partial charge in [-0.1, -0.05) is 57.8 Å². The number of unbranched alkanes of at least 4 members (excludes halogenated alkanes) is 10. The monoisotopic (exact) mass is 479 g/mol. The predicted molar refractivity (Wildman–Crippen MR) is 123 cm³/mol. The smallest absolute Gasteiger partial charge is 0.347 e. The molecule has 0 saturated heterocycles. The Hall–Kier alpha value is -2.58. The standard InChI is InChI=1S/C24H34N3O5.ClH/c28-18-11-9-7-5-3-1-2-4-6-8-10-13-21-14-12-17-25(20-21)23-16-15-22(26(29)30)19-24(23)27(31)32;/h12,14-17,19-20,28H,1-11,13,18H2;1H/q+1;/p-1. The van der Waals surface area contributed by atoms with Crippen LogP contribution < -0.4 is 17.0 Å². The number of pyridine rings is 1. The maximum atomic E-state index is 11.4. The minimum Gasteiger partial charge on any atom is -1.00 e. The first-order valence-electron chi connectivity index (χ1n) is 11.6. The zero-order valence-electron chi connectivity index (χ0n) is 19.0. The van der Waals surface area contributed by atoms with Crippen LogP contribution in [0.5, 0.6) is 0 Å². The van der Waals surface area contributed by atoms with Crippen LogP contribution in [0.15, 0.2) is 42.7 Å². The van der Waals surface area contributed by atoms with Crippen LogP contribution in [0.3, 0.4) is 0 Å². The maximum Gasteiger partial charge on any atom is 0.347 e. The van der Waals surface area contributed by atoms with Gasteiger partial charge in [0, 0.05) is 30.4 Å². The van der Waals surface area contributed by atoms with Gasteiger partial charge in [0.15, 0.2) is 12.4 Å². The Balaban J connectivity index is 0.00000544.